The van der Waals surface area contributed by atoms with E-state index < -0.39 is 5.83 Å². The summed E-state index contributed by atoms with van der Waals surface area (Å²) in [5.74, 6) is -0.794. The number of rotatable bonds is 3. The smallest absolute Gasteiger partial charge is 0.162 e. The topological polar surface area (TPSA) is 17.1 Å². The number of halogens is 1. The summed E-state index contributed by atoms with van der Waals surface area (Å²) in [6.07, 6.45) is 3.99. The molecule has 0 bridgehead atoms. The van der Waals surface area contributed by atoms with Crippen LogP contribution in [0.3, 0.4) is 0 Å². The SMILES string of the molecule is C=CC=C(C(C)=O)C(F)=CC. The van der Waals surface area contributed by atoms with Crippen LogP contribution in [0.4, 0.5) is 4.39 Å². The number of carbonyl (C=O) groups excluding carboxylic acids is 1. The van der Waals surface area contributed by atoms with E-state index in [4.69, 9.17) is 0 Å². The van der Waals surface area contributed by atoms with E-state index in [0.717, 1.165) is 0 Å². The van der Waals surface area contributed by atoms with Crippen LogP contribution in [0.25, 0.3) is 0 Å². The fourth-order valence-electron chi connectivity index (χ4n) is 0.638. The molecule has 0 aliphatic heterocycles. The first-order valence-electron chi connectivity index (χ1n) is 3.29. The number of hydrogen-bond acceptors (Lipinski definition) is 1. The van der Waals surface area contributed by atoms with Gasteiger partial charge in [0.2, 0.25) is 0 Å². The Morgan fingerprint density at radius 1 is 1.55 bits per heavy atom. The van der Waals surface area contributed by atoms with Gasteiger partial charge in [-0.05, 0) is 19.9 Å². The maximum absolute atomic E-state index is 12.8. The van der Waals surface area contributed by atoms with E-state index in [9.17, 15) is 9.18 Å². The first-order valence-corrected chi connectivity index (χ1v) is 3.29. The summed E-state index contributed by atoms with van der Waals surface area (Å²) in [5.41, 5.74) is 0.0718. The van der Waals surface area contributed by atoms with Crippen molar-refractivity contribution in [2.75, 3.05) is 0 Å². The van der Waals surface area contributed by atoms with E-state index >= 15 is 0 Å². The van der Waals surface area contributed by atoms with Crippen LogP contribution in [-0.2, 0) is 4.79 Å². The van der Waals surface area contributed by atoms with Crippen molar-refractivity contribution in [3.8, 4) is 0 Å². The second-order valence-electron chi connectivity index (χ2n) is 2.01. The largest absolute Gasteiger partial charge is 0.294 e. The molecule has 0 aliphatic carbocycles. The van der Waals surface area contributed by atoms with Crippen LogP contribution in [0.1, 0.15) is 13.8 Å². The minimum atomic E-state index is -0.502. The summed E-state index contributed by atoms with van der Waals surface area (Å²) >= 11 is 0. The molecule has 0 aromatic rings. The van der Waals surface area contributed by atoms with Crippen LogP contribution in [0, 0.1) is 0 Å². The molecule has 0 saturated carbocycles. The Kier molecular flexibility index (Phi) is 4.11. The summed E-state index contributed by atoms with van der Waals surface area (Å²) in [6, 6.07) is 0. The summed E-state index contributed by atoms with van der Waals surface area (Å²) in [6.45, 7) is 6.23. The van der Waals surface area contributed by atoms with Crippen LogP contribution in [0.2, 0.25) is 0 Å². The predicted octanol–water partition coefficient (Wildman–Crippen LogP) is 2.56. The number of allylic oxidation sites excluding steroid dienone is 5. The Hall–Kier alpha value is -1.18. The molecule has 0 radical (unpaired) electrons. The zero-order chi connectivity index (χ0) is 8.85. The Bertz CT molecular complexity index is 224. The highest BCUT2D eigenvalue weighted by Gasteiger charge is 2.06. The van der Waals surface area contributed by atoms with Gasteiger partial charge < -0.3 is 0 Å². The van der Waals surface area contributed by atoms with Gasteiger partial charge in [-0.25, -0.2) is 4.39 Å². The van der Waals surface area contributed by atoms with Crippen LogP contribution >= 0.6 is 0 Å². The highest BCUT2D eigenvalue weighted by atomic mass is 19.1. The van der Waals surface area contributed by atoms with Crippen molar-refractivity contribution in [1.82, 2.24) is 0 Å². The fourth-order valence-corrected chi connectivity index (χ4v) is 0.638. The van der Waals surface area contributed by atoms with Gasteiger partial charge in [-0.2, -0.15) is 0 Å². The van der Waals surface area contributed by atoms with Crippen molar-refractivity contribution >= 4 is 5.78 Å². The van der Waals surface area contributed by atoms with E-state index in [1.54, 1.807) is 0 Å². The normalized spacial score (nSPS) is 13.0. The second-order valence-corrected chi connectivity index (χ2v) is 2.01. The predicted molar refractivity (Wildman–Crippen MR) is 43.8 cm³/mol. The molecule has 0 N–H and O–H groups in total. The van der Waals surface area contributed by atoms with Gasteiger partial charge in [0.1, 0.15) is 5.83 Å². The number of carbonyl (C=O) groups is 1. The van der Waals surface area contributed by atoms with Crippen LogP contribution in [-0.4, -0.2) is 5.78 Å². The highest BCUT2D eigenvalue weighted by molar-refractivity contribution is 5.97. The number of hydrogen-bond donors (Lipinski definition) is 0. The van der Waals surface area contributed by atoms with Gasteiger partial charge in [-0.15, -0.1) is 0 Å². The highest BCUT2D eigenvalue weighted by Crippen LogP contribution is 2.11. The van der Waals surface area contributed by atoms with E-state index in [1.165, 1.54) is 32.1 Å². The monoisotopic (exact) mass is 154 g/mol. The fraction of sp³-hybridized carbons (Fsp3) is 0.222. The lowest BCUT2D eigenvalue weighted by atomic mass is 10.1. The zero-order valence-electron chi connectivity index (χ0n) is 6.73. The van der Waals surface area contributed by atoms with Crippen LogP contribution in [0.15, 0.2) is 36.2 Å². The molecule has 0 fully saturated rings. The molecule has 11 heavy (non-hydrogen) atoms. The number of Topliss-reactive ketones (excluding diaryl/α,β-unsaturated/α-hetero) is 1. The molecule has 0 amide bonds. The Balaban J connectivity index is 4.76. The van der Waals surface area contributed by atoms with E-state index in [0.29, 0.717) is 0 Å². The standard InChI is InChI=1S/C9H11FO/c1-4-6-8(7(3)11)9(10)5-2/h4-6H,1H2,2-3H3. The molecule has 0 aliphatic rings. The molecule has 0 heterocycles. The third-order valence-corrected chi connectivity index (χ3v) is 1.17. The van der Waals surface area contributed by atoms with E-state index in [2.05, 4.69) is 6.58 Å². The summed E-state index contributed by atoms with van der Waals surface area (Å²) in [4.78, 5) is 10.7. The molecule has 60 valence electrons. The quantitative estimate of drug-likeness (QED) is 0.451. The first-order chi connectivity index (χ1) is 5.13. The molecule has 0 spiro atoms. The van der Waals surface area contributed by atoms with Crippen LogP contribution in [0.5, 0.6) is 0 Å². The molecule has 0 unspecified atom stereocenters. The number of ketones is 1. The lowest BCUT2D eigenvalue weighted by Gasteiger charge is -1.96. The maximum Gasteiger partial charge on any atom is 0.162 e. The van der Waals surface area contributed by atoms with E-state index in [-0.39, 0.29) is 11.4 Å². The van der Waals surface area contributed by atoms with Gasteiger partial charge in [-0.1, -0.05) is 18.7 Å². The van der Waals surface area contributed by atoms with Gasteiger partial charge in [0.25, 0.3) is 0 Å². The van der Waals surface area contributed by atoms with Gasteiger partial charge >= 0.3 is 0 Å². The zero-order valence-corrected chi connectivity index (χ0v) is 6.73. The Morgan fingerprint density at radius 3 is 2.36 bits per heavy atom. The average molecular weight is 154 g/mol. The molecular weight excluding hydrogens is 143 g/mol. The molecule has 1 nitrogen and oxygen atoms in total. The molecule has 0 aromatic carbocycles. The van der Waals surface area contributed by atoms with Gasteiger partial charge in [-0.3, -0.25) is 4.79 Å². The van der Waals surface area contributed by atoms with Crippen LogP contribution < -0.4 is 0 Å². The summed E-state index contributed by atoms with van der Waals surface area (Å²) in [5, 5.41) is 0. The average Bonchev–Trinajstić information content (AvgIpc) is 1.98. The third kappa shape index (κ3) is 2.94. The van der Waals surface area contributed by atoms with Crippen molar-refractivity contribution < 1.29 is 9.18 Å². The molecule has 0 atom stereocenters. The minimum Gasteiger partial charge on any atom is -0.294 e. The van der Waals surface area contributed by atoms with Crippen molar-refractivity contribution in [3.05, 3.63) is 36.2 Å². The lowest BCUT2D eigenvalue weighted by Crippen LogP contribution is -1.96. The lowest BCUT2D eigenvalue weighted by molar-refractivity contribution is -0.113. The minimum absolute atomic E-state index is 0.0718. The molecule has 0 aromatic heterocycles. The van der Waals surface area contributed by atoms with Crippen molar-refractivity contribution in [1.29, 1.82) is 0 Å². The maximum atomic E-state index is 12.8. The second kappa shape index (κ2) is 4.61. The van der Waals surface area contributed by atoms with Crippen molar-refractivity contribution in [2.45, 2.75) is 13.8 Å². The Labute approximate surface area is 65.9 Å². The Morgan fingerprint density at radius 2 is 2.09 bits per heavy atom. The van der Waals surface area contributed by atoms with Gasteiger partial charge in [0, 0.05) is 0 Å². The summed E-state index contributed by atoms with van der Waals surface area (Å²) in [7, 11) is 0. The van der Waals surface area contributed by atoms with Crippen molar-refractivity contribution in [3.63, 3.8) is 0 Å². The van der Waals surface area contributed by atoms with Crippen molar-refractivity contribution in [2.24, 2.45) is 0 Å². The molecular formula is C9H11FO. The molecule has 0 rings (SSSR count). The molecule has 0 saturated heterocycles. The molecule has 2 heteroatoms. The van der Waals surface area contributed by atoms with E-state index in [1.807, 2.05) is 0 Å². The van der Waals surface area contributed by atoms with Gasteiger partial charge in [0.05, 0.1) is 5.57 Å². The first kappa shape index (κ1) is 9.82. The third-order valence-electron chi connectivity index (χ3n) is 1.17. The summed E-state index contributed by atoms with van der Waals surface area (Å²) < 4.78 is 12.8. The van der Waals surface area contributed by atoms with Gasteiger partial charge in [0.15, 0.2) is 5.78 Å².